The van der Waals surface area contributed by atoms with Gasteiger partial charge in [0.15, 0.2) is 0 Å². The third-order valence-corrected chi connectivity index (χ3v) is 6.79. The molecule has 2 aliphatic rings. The van der Waals surface area contributed by atoms with E-state index in [1.54, 1.807) is 0 Å². The highest BCUT2D eigenvalue weighted by Gasteiger charge is 2.27. The van der Waals surface area contributed by atoms with Gasteiger partial charge in [0.2, 0.25) is 5.95 Å². The van der Waals surface area contributed by atoms with Gasteiger partial charge in [0.1, 0.15) is 0 Å². The molecule has 0 saturated carbocycles. The van der Waals surface area contributed by atoms with Gasteiger partial charge in [-0.1, -0.05) is 37.3 Å². The molecule has 0 aliphatic carbocycles. The fourth-order valence-corrected chi connectivity index (χ4v) is 5.11. The van der Waals surface area contributed by atoms with E-state index in [4.69, 9.17) is 4.98 Å². The van der Waals surface area contributed by atoms with E-state index < -0.39 is 0 Å². The lowest BCUT2D eigenvalue weighted by molar-refractivity contribution is 0.197. The molecule has 0 radical (unpaired) electrons. The van der Waals surface area contributed by atoms with Crippen LogP contribution in [0.25, 0.3) is 11.3 Å². The van der Waals surface area contributed by atoms with Crippen LogP contribution in [0.3, 0.4) is 0 Å². The molecule has 6 nitrogen and oxygen atoms in total. The standard InChI is InChI=1S/C25H32N6/c1-19(20-8-3-2-4-9-20)17-30-13-7-10-21(18-30)24-22(16-27-29-24)23-11-12-26-25(28-23)31-14-5-6-15-31/h2-4,8-9,11-12,16,19,21H,5-7,10,13-15,17-18H2,1H3,(H,27,29)/t19-,21-/m1/s1. The van der Waals surface area contributed by atoms with E-state index in [-0.39, 0.29) is 0 Å². The largest absolute Gasteiger partial charge is 0.341 e. The van der Waals surface area contributed by atoms with Crippen molar-refractivity contribution in [3.05, 3.63) is 60.0 Å². The van der Waals surface area contributed by atoms with E-state index >= 15 is 0 Å². The minimum Gasteiger partial charge on any atom is -0.341 e. The Morgan fingerprint density at radius 2 is 1.90 bits per heavy atom. The number of hydrogen-bond donors (Lipinski definition) is 1. The molecule has 0 amide bonds. The molecular formula is C25H32N6. The quantitative estimate of drug-likeness (QED) is 0.643. The lowest BCUT2D eigenvalue weighted by Gasteiger charge is -2.34. The summed E-state index contributed by atoms with van der Waals surface area (Å²) in [5.74, 6) is 1.84. The minimum absolute atomic E-state index is 0.458. The van der Waals surface area contributed by atoms with Crippen LogP contribution in [0.4, 0.5) is 5.95 Å². The summed E-state index contributed by atoms with van der Waals surface area (Å²) >= 11 is 0. The topological polar surface area (TPSA) is 60.9 Å². The molecular weight excluding hydrogens is 384 g/mol. The number of rotatable bonds is 6. The van der Waals surface area contributed by atoms with Crippen molar-refractivity contribution < 1.29 is 0 Å². The van der Waals surface area contributed by atoms with Gasteiger partial charge in [0, 0.05) is 49.6 Å². The summed E-state index contributed by atoms with van der Waals surface area (Å²) in [6.45, 7) is 7.77. The van der Waals surface area contributed by atoms with Crippen LogP contribution in [-0.2, 0) is 0 Å². The molecule has 5 rings (SSSR count). The molecule has 31 heavy (non-hydrogen) atoms. The molecule has 3 aromatic rings. The lowest BCUT2D eigenvalue weighted by atomic mass is 9.90. The Hall–Kier alpha value is -2.73. The van der Waals surface area contributed by atoms with Crippen LogP contribution in [0, 0.1) is 0 Å². The third-order valence-electron chi connectivity index (χ3n) is 6.79. The highest BCUT2D eigenvalue weighted by molar-refractivity contribution is 5.63. The van der Waals surface area contributed by atoms with Gasteiger partial charge in [-0.05, 0) is 49.8 Å². The fraction of sp³-hybridized carbons (Fsp3) is 0.480. The van der Waals surface area contributed by atoms with Crippen molar-refractivity contribution in [1.29, 1.82) is 0 Å². The first-order valence-corrected chi connectivity index (χ1v) is 11.7. The van der Waals surface area contributed by atoms with E-state index in [0.717, 1.165) is 43.4 Å². The summed E-state index contributed by atoms with van der Waals surface area (Å²) in [4.78, 5) is 14.3. The molecule has 2 atom stereocenters. The molecule has 0 unspecified atom stereocenters. The van der Waals surface area contributed by atoms with Gasteiger partial charge in [0.25, 0.3) is 0 Å². The molecule has 162 valence electrons. The molecule has 0 bridgehead atoms. The molecule has 1 N–H and O–H groups in total. The van der Waals surface area contributed by atoms with Crippen molar-refractivity contribution in [1.82, 2.24) is 25.1 Å². The van der Waals surface area contributed by atoms with Crippen molar-refractivity contribution in [2.45, 2.75) is 44.4 Å². The van der Waals surface area contributed by atoms with Crippen molar-refractivity contribution in [2.75, 3.05) is 37.6 Å². The van der Waals surface area contributed by atoms with Crippen LogP contribution in [0.15, 0.2) is 48.8 Å². The number of aromatic amines is 1. The second kappa shape index (κ2) is 9.18. The van der Waals surface area contributed by atoms with E-state index in [0.29, 0.717) is 11.8 Å². The number of anilines is 1. The predicted octanol–water partition coefficient (Wildman–Crippen LogP) is 4.45. The maximum atomic E-state index is 4.90. The molecule has 2 saturated heterocycles. The van der Waals surface area contributed by atoms with Crippen molar-refractivity contribution >= 4 is 5.95 Å². The molecule has 2 aliphatic heterocycles. The van der Waals surface area contributed by atoms with Crippen molar-refractivity contribution in [2.24, 2.45) is 0 Å². The fourth-order valence-electron chi connectivity index (χ4n) is 5.11. The maximum absolute atomic E-state index is 4.90. The predicted molar refractivity (Wildman–Crippen MR) is 124 cm³/mol. The summed E-state index contributed by atoms with van der Waals surface area (Å²) in [5.41, 5.74) is 4.76. The number of hydrogen-bond acceptors (Lipinski definition) is 5. The molecule has 2 fully saturated rings. The Morgan fingerprint density at radius 1 is 1.06 bits per heavy atom. The average Bonchev–Trinajstić information content (AvgIpc) is 3.52. The SMILES string of the molecule is C[C@H](CN1CCC[C@@H](c2[nH]ncc2-c2ccnc(N3CCCC3)n2)C1)c1ccccc1. The molecule has 1 aromatic carbocycles. The second-order valence-electron chi connectivity index (χ2n) is 9.04. The minimum atomic E-state index is 0.458. The number of nitrogens with zero attached hydrogens (tertiary/aromatic N) is 5. The number of likely N-dealkylation sites (tertiary alicyclic amines) is 1. The lowest BCUT2D eigenvalue weighted by Crippen LogP contribution is -2.37. The highest BCUT2D eigenvalue weighted by Crippen LogP contribution is 2.33. The Labute approximate surface area is 184 Å². The van der Waals surface area contributed by atoms with Crippen molar-refractivity contribution in [3.8, 4) is 11.3 Å². The molecule has 0 spiro atoms. The van der Waals surface area contributed by atoms with E-state index in [1.165, 1.54) is 43.5 Å². The van der Waals surface area contributed by atoms with Crippen LogP contribution in [0.2, 0.25) is 0 Å². The number of piperidine rings is 1. The Kier molecular flexibility index (Phi) is 5.98. The Bertz CT molecular complexity index is 978. The highest BCUT2D eigenvalue weighted by atomic mass is 15.3. The summed E-state index contributed by atoms with van der Waals surface area (Å²) in [6, 6.07) is 12.9. The first kappa shape index (κ1) is 20.2. The zero-order valence-electron chi connectivity index (χ0n) is 18.4. The van der Waals surface area contributed by atoms with E-state index in [1.807, 2.05) is 18.5 Å². The van der Waals surface area contributed by atoms with Crippen LogP contribution < -0.4 is 4.90 Å². The molecule has 2 aromatic heterocycles. The summed E-state index contributed by atoms with van der Waals surface area (Å²) in [5, 5.41) is 7.73. The number of H-pyrrole nitrogens is 1. The van der Waals surface area contributed by atoms with Crippen LogP contribution in [-0.4, -0.2) is 57.8 Å². The van der Waals surface area contributed by atoms with Gasteiger partial charge in [-0.3, -0.25) is 5.10 Å². The molecule has 4 heterocycles. The second-order valence-corrected chi connectivity index (χ2v) is 9.04. The van der Waals surface area contributed by atoms with Gasteiger partial charge in [-0.25, -0.2) is 9.97 Å². The number of nitrogens with one attached hydrogen (secondary N) is 1. The zero-order valence-corrected chi connectivity index (χ0v) is 18.4. The molecule has 6 heteroatoms. The van der Waals surface area contributed by atoms with Crippen molar-refractivity contribution in [3.63, 3.8) is 0 Å². The van der Waals surface area contributed by atoms with Gasteiger partial charge in [-0.2, -0.15) is 5.10 Å². The summed E-state index contributed by atoms with van der Waals surface area (Å²) in [7, 11) is 0. The van der Waals surface area contributed by atoms with Crippen LogP contribution in [0.1, 0.15) is 55.7 Å². The average molecular weight is 417 g/mol. The van der Waals surface area contributed by atoms with Crippen LogP contribution in [0.5, 0.6) is 0 Å². The Morgan fingerprint density at radius 3 is 2.74 bits per heavy atom. The number of benzene rings is 1. The first-order chi connectivity index (χ1) is 15.3. The van der Waals surface area contributed by atoms with E-state index in [9.17, 15) is 0 Å². The summed E-state index contributed by atoms with van der Waals surface area (Å²) < 4.78 is 0. The smallest absolute Gasteiger partial charge is 0.225 e. The third kappa shape index (κ3) is 4.49. The van der Waals surface area contributed by atoms with Gasteiger partial charge in [0.05, 0.1) is 11.9 Å². The first-order valence-electron chi connectivity index (χ1n) is 11.7. The van der Waals surface area contributed by atoms with E-state index in [2.05, 4.69) is 62.2 Å². The number of aromatic nitrogens is 4. The van der Waals surface area contributed by atoms with Crippen LogP contribution >= 0.6 is 0 Å². The normalized spacial score (nSPS) is 20.8. The maximum Gasteiger partial charge on any atom is 0.225 e. The monoisotopic (exact) mass is 416 g/mol. The van der Waals surface area contributed by atoms with Gasteiger partial charge in [-0.15, -0.1) is 0 Å². The Balaban J connectivity index is 1.31. The zero-order chi connectivity index (χ0) is 21.0. The van der Waals surface area contributed by atoms with Gasteiger partial charge >= 0.3 is 0 Å². The van der Waals surface area contributed by atoms with Gasteiger partial charge < -0.3 is 9.80 Å². The summed E-state index contributed by atoms with van der Waals surface area (Å²) in [6.07, 6.45) is 8.69.